The van der Waals surface area contributed by atoms with Gasteiger partial charge in [0.05, 0.1) is 0 Å². The summed E-state index contributed by atoms with van der Waals surface area (Å²) >= 11 is 0. The highest BCUT2D eigenvalue weighted by molar-refractivity contribution is 7.67. The van der Waals surface area contributed by atoms with E-state index < -0.39 is 7.44 Å². The van der Waals surface area contributed by atoms with Crippen molar-refractivity contribution in [3.8, 4) is 0 Å². The molecule has 0 radical (unpaired) electrons. The van der Waals surface area contributed by atoms with Gasteiger partial charge in [0.15, 0.2) is 0 Å². The van der Waals surface area contributed by atoms with Crippen LogP contribution in [0.15, 0.2) is 91.0 Å². The number of anilines is 2. The van der Waals surface area contributed by atoms with Crippen LogP contribution in [0.2, 0.25) is 0 Å². The van der Waals surface area contributed by atoms with Crippen molar-refractivity contribution >= 4 is 18.8 Å². The van der Waals surface area contributed by atoms with Gasteiger partial charge in [0.25, 0.3) is 7.44 Å². The minimum absolute atomic E-state index is 0.156. The fraction of sp³-hybridized carbons (Fsp3) is 0.308. The zero-order valence-electron chi connectivity index (χ0n) is 17.9. The monoisotopic (exact) mass is 431 g/mol. The second-order valence-corrected chi connectivity index (χ2v) is 11.0. The summed E-state index contributed by atoms with van der Waals surface area (Å²) in [7, 11) is -3.04. The van der Waals surface area contributed by atoms with Crippen LogP contribution in [-0.4, -0.2) is 31.1 Å². The van der Waals surface area contributed by atoms with Crippen molar-refractivity contribution in [1.29, 1.82) is 0 Å². The van der Waals surface area contributed by atoms with E-state index in [9.17, 15) is 0 Å². The molecule has 3 aromatic carbocycles. The van der Waals surface area contributed by atoms with Crippen LogP contribution in [-0.2, 0) is 4.57 Å². The Labute approximate surface area is 185 Å². The molecule has 5 rings (SSSR count). The maximum Gasteiger partial charge on any atom is 0.284 e. The molecule has 2 fully saturated rings. The highest BCUT2D eigenvalue weighted by Crippen LogP contribution is 2.69. The maximum atomic E-state index is 15.5. The molecule has 0 N–H and O–H groups in total. The van der Waals surface area contributed by atoms with E-state index in [0.29, 0.717) is 0 Å². The van der Waals surface area contributed by atoms with Crippen LogP contribution in [0.1, 0.15) is 30.6 Å². The van der Waals surface area contributed by atoms with Gasteiger partial charge in [-0.05, 0) is 55.8 Å². The Morgan fingerprint density at radius 2 is 1.03 bits per heavy atom. The number of likely N-dealkylation sites (tertiary alicyclic amines) is 1. The number of benzene rings is 3. The number of hydrogen-bond acceptors (Lipinski definition) is 2. The molecule has 3 aromatic rings. The lowest BCUT2D eigenvalue weighted by atomic mass is 10.1. The smallest absolute Gasteiger partial charge is 0.284 e. The van der Waals surface area contributed by atoms with E-state index in [-0.39, 0.29) is 5.78 Å². The van der Waals surface area contributed by atoms with Crippen molar-refractivity contribution in [2.45, 2.75) is 25.0 Å². The summed E-state index contributed by atoms with van der Waals surface area (Å²) in [5.74, 6) is -0.156. The first-order chi connectivity index (χ1) is 15.3. The summed E-state index contributed by atoms with van der Waals surface area (Å²) in [6.45, 7) is 3.50. The maximum absolute atomic E-state index is 15.5. The van der Waals surface area contributed by atoms with Gasteiger partial charge in [-0.2, -0.15) is 0 Å². The summed E-state index contributed by atoms with van der Waals surface area (Å²) < 4.78 is 19.9. The lowest BCUT2D eigenvalue weighted by molar-refractivity contribution is 0.206. The molecule has 2 heterocycles. The molecular weight excluding hydrogens is 401 g/mol. The van der Waals surface area contributed by atoms with Crippen LogP contribution in [0.3, 0.4) is 0 Å². The second-order valence-electron chi connectivity index (χ2n) is 8.39. The number of hydrogen-bond donors (Lipinski definition) is 0. The zero-order chi connectivity index (χ0) is 21.1. The molecule has 0 spiro atoms. The minimum atomic E-state index is -3.04. The Balaban J connectivity index is 1.68. The standard InChI is InChI=1S/C26H30N3OP/c30-31(26(23-13-5-1-6-14-23)27-19-11-4-12-20-27)28(24-15-7-2-8-16-24)21-22-29(31)25-17-9-3-10-18-25/h1-3,5-10,13-18,26H,4,11-12,19-22H2. The van der Waals surface area contributed by atoms with E-state index in [0.717, 1.165) is 43.1 Å². The van der Waals surface area contributed by atoms with Crippen LogP contribution in [0.5, 0.6) is 0 Å². The SMILES string of the molecule is O=P1(C(c2ccccc2)N2CCCCC2)N(c2ccccc2)CCN1c1ccccc1. The number of piperidine rings is 1. The average molecular weight is 432 g/mol. The van der Waals surface area contributed by atoms with Crippen LogP contribution >= 0.6 is 7.44 Å². The minimum Gasteiger partial charge on any atom is -0.304 e. The van der Waals surface area contributed by atoms with E-state index in [1.807, 2.05) is 42.5 Å². The summed E-state index contributed by atoms with van der Waals surface area (Å²) in [6, 6.07) is 31.1. The van der Waals surface area contributed by atoms with E-state index in [2.05, 4.69) is 62.8 Å². The van der Waals surface area contributed by atoms with Crippen molar-refractivity contribution in [3.63, 3.8) is 0 Å². The van der Waals surface area contributed by atoms with Gasteiger partial charge in [0, 0.05) is 24.5 Å². The Kier molecular flexibility index (Phi) is 5.85. The molecular formula is C26H30N3OP. The van der Waals surface area contributed by atoms with Gasteiger partial charge in [0.2, 0.25) is 0 Å². The van der Waals surface area contributed by atoms with Crippen LogP contribution < -0.4 is 9.34 Å². The van der Waals surface area contributed by atoms with Crippen molar-refractivity contribution < 1.29 is 4.57 Å². The van der Waals surface area contributed by atoms with Gasteiger partial charge in [-0.3, -0.25) is 9.46 Å². The quantitative estimate of drug-likeness (QED) is 0.437. The molecule has 0 bridgehead atoms. The molecule has 31 heavy (non-hydrogen) atoms. The van der Waals surface area contributed by atoms with Crippen molar-refractivity contribution in [1.82, 2.24) is 4.90 Å². The topological polar surface area (TPSA) is 26.8 Å². The first-order valence-electron chi connectivity index (χ1n) is 11.3. The highest BCUT2D eigenvalue weighted by Gasteiger charge is 2.52. The molecule has 0 amide bonds. The summed E-state index contributed by atoms with van der Waals surface area (Å²) in [5, 5.41) is 0. The Morgan fingerprint density at radius 3 is 1.52 bits per heavy atom. The number of nitrogens with zero attached hydrogens (tertiary/aromatic N) is 3. The highest BCUT2D eigenvalue weighted by atomic mass is 31.2. The molecule has 1 atom stereocenters. The molecule has 4 nitrogen and oxygen atoms in total. The zero-order valence-corrected chi connectivity index (χ0v) is 18.8. The lowest BCUT2D eigenvalue weighted by Gasteiger charge is -2.44. The van der Waals surface area contributed by atoms with Crippen molar-refractivity contribution in [2.24, 2.45) is 0 Å². The predicted molar refractivity (Wildman–Crippen MR) is 130 cm³/mol. The van der Waals surface area contributed by atoms with Crippen LogP contribution in [0, 0.1) is 0 Å². The Morgan fingerprint density at radius 1 is 0.581 bits per heavy atom. The molecule has 0 saturated carbocycles. The average Bonchev–Trinajstić information content (AvgIpc) is 3.19. The normalized spacial score (nSPS) is 20.0. The lowest BCUT2D eigenvalue weighted by Crippen LogP contribution is -2.38. The van der Waals surface area contributed by atoms with E-state index in [4.69, 9.17) is 0 Å². The molecule has 1 unspecified atom stereocenters. The molecule has 2 aliphatic heterocycles. The Bertz CT molecular complexity index is 971. The third-order valence-corrected chi connectivity index (χ3v) is 9.98. The molecule has 2 aliphatic rings. The third kappa shape index (κ3) is 3.79. The van der Waals surface area contributed by atoms with E-state index in [1.165, 1.54) is 19.3 Å². The van der Waals surface area contributed by atoms with E-state index >= 15 is 4.57 Å². The molecule has 0 aliphatic carbocycles. The molecule has 2 saturated heterocycles. The first kappa shape index (κ1) is 20.4. The fourth-order valence-electron chi connectivity index (χ4n) is 5.07. The summed E-state index contributed by atoms with van der Waals surface area (Å²) in [4.78, 5) is 2.48. The van der Waals surface area contributed by atoms with Gasteiger partial charge < -0.3 is 9.34 Å². The Hall–Kier alpha value is -2.55. The fourth-order valence-corrected chi connectivity index (χ4v) is 8.75. The summed E-state index contributed by atoms with van der Waals surface area (Å²) in [5.41, 5.74) is 3.24. The van der Waals surface area contributed by atoms with Gasteiger partial charge in [0.1, 0.15) is 5.78 Å². The van der Waals surface area contributed by atoms with Crippen molar-refractivity contribution in [3.05, 3.63) is 96.6 Å². The van der Waals surface area contributed by atoms with Gasteiger partial charge in [-0.15, -0.1) is 0 Å². The third-order valence-electron chi connectivity index (χ3n) is 6.48. The molecule has 160 valence electrons. The van der Waals surface area contributed by atoms with Crippen LogP contribution in [0.4, 0.5) is 11.4 Å². The number of para-hydroxylation sites is 2. The second kappa shape index (κ2) is 8.90. The molecule has 5 heteroatoms. The van der Waals surface area contributed by atoms with Gasteiger partial charge in [-0.1, -0.05) is 73.2 Å². The van der Waals surface area contributed by atoms with Crippen LogP contribution in [0.25, 0.3) is 0 Å². The molecule has 0 aromatic heterocycles. The van der Waals surface area contributed by atoms with E-state index in [1.54, 1.807) is 0 Å². The van der Waals surface area contributed by atoms with Crippen molar-refractivity contribution in [2.75, 3.05) is 35.5 Å². The first-order valence-corrected chi connectivity index (χ1v) is 13.0. The number of rotatable bonds is 5. The van der Waals surface area contributed by atoms with Gasteiger partial charge in [-0.25, -0.2) is 0 Å². The predicted octanol–water partition coefficient (Wildman–Crippen LogP) is 6.39. The van der Waals surface area contributed by atoms with Gasteiger partial charge >= 0.3 is 0 Å². The summed E-state index contributed by atoms with van der Waals surface area (Å²) in [6.07, 6.45) is 3.59. The largest absolute Gasteiger partial charge is 0.304 e.